The maximum absolute atomic E-state index is 12.4. The van der Waals surface area contributed by atoms with Gasteiger partial charge in [-0.25, -0.2) is 13.4 Å². The number of nitrogens with two attached hydrogens (primary N) is 1. The van der Waals surface area contributed by atoms with Crippen LogP contribution in [0.4, 0.5) is 5.69 Å². The van der Waals surface area contributed by atoms with Crippen molar-refractivity contribution in [3.63, 3.8) is 0 Å². The second-order valence-corrected chi connectivity index (χ2v) is 7.23. The molecule has 2 aromatic rings. The Bertz CT molecular complexity index is 680. The molecule has 2 rings (SSSR count). The fourth-order valence-corrected chi connectivity index (χ4v) is 3.54. The molecule has 102 valence electrons. The molecule has 7 heteroatoms. The van der Waals surface area contributed by atoms with E-state index < -0.39 is 10.0 Å². The number of aryl methyl sites for hydroxylation is 1. The fourth-order valence-electron chi connectivity index (χ4n) is 1.68. The molecule has 0 atom stereocenters. The molecule has 0 aliphatic carbocycles. The number of nitrogens with zero attached hydrogens (tertiary/aromatic N) is 2. The zero-order valence-electron chi connectivity index (χ0n) is 10.7. The highest BCUT2D eigenvalue weighted by molar-refractivity contribution is 7.89. The molecule has 0 amide bonds. The summed E-state index contributed by atoms with van der Waals surface area (Å²) in [4.78, 5) is 4.39. The van der Waals surface area contributed by atoms with Gasteiger partial charge in [0.2, 0.25) is 10.0 Å². The van der Waals surface area contributed by atoms with Gasteiger partial charge in [-0.2, -0.15) is 4.31 Å². The van der Waals surface area contributed by atoms with Gasteiger partial charge >= 0.3 is 0 Å². The summed E-state index contributed by atoms with van der Waals surface area (Å²) in [6.45, 7) is 2.12. The fraction of sp³-hybridized carbons (Fsp3) is 0.250. The smallest absolute Gasteiger partial charge is 0.245 e. The lowest BCUT2D eigenvalue weighted by Crippen LogP contribution is -2.27. The van der Waals surface area contributed by atoms with Crippen LogP contribution in [-0.2, 0) is 16.6 Å². The first-order valence-corrected chi connectivity index (χ1v) is 7.95. The van der Waals surface area contributed by atoms with Crippen LogP contribution in [0.3, 0.4) is 0 Å². The summed E-state index contributed by atoms with van der Waals surface area (Å²) in [5.74, 6) is 0. The normalized spacial score (nSPS) is 11.9. The Labute approximate surface area is 116 Å². The summed E-state index contributed by atoms with van der Waals surface area (Å²) in [5, 5.41) is 2.77. The van der Waals surface area contributed by atoms with Crippen molar-refractivity contribution in [1.82, 2.24) is 9.29 Å². The van der Waals surface area contributed by atoms with Crippen LogP contribution in [0, 0.1) is 6.92 Å². The van der Waals surface area contributed by atoms with E-state index in [0.717, 1.165) is 10.7 Å². The number of rotatable bonds is 4. The summed E-state index contributed by atoms with van der Waals surface area (Å²) in [5.41, 5.74) is 6.72. The van der Waals surface area contributed by atoms with Gasteiger partial charge < -0.3 is 5.73 Å². The maximum Gasteiger partial charge on any atom is 0.245 e. The molecule has 2 N–H and O–H groups in total. The zero-order chi connectivity index (χ0) is 14.0. The number of para-hydroxylation sites is 1. The van der Waals surface area contributed by atoms with Crippen molar-refractivity contribution >= 4 is 27.0 Å². The van der Waals surface area contributed by atoms with Gasteiger partial charge in [-0.05, 0) is 19.1 Å². The second kappa shape index (κ2) is 5.28. The highest BCUT2D eigenvalue weighted by atomic mass is 32.2. The van der Waals surface area contributed by atoms with Crippen molar-refractivity contribution in [2.75, 3.05) is 12.8 Å². The number of hydrogen-bond donors (Lipinski definition) is 1. The van der Waals surface area contributed by atoms with Crippen LogP contribution in [0.15, 0.2) is 34.5 Å². The molecular weight excluding hydrogens is 282 g/mol. The number of anilines is 1. The topological polar surface area (TPSA) is 76.3 Å². The lowest BCUT2D eigenvalue weighted by molar-refractivity contribution is 0.463. The first-order chi connectivity index (χ1) is 8.91. The highest BCUT2D eigenvalue weighted by Gasteiger charge is 2.23. The minimum Gasteiger partial charge on any atom is -0.398 e. The Hall–Kier alpha value is -1.44. The molecule has 5 nitrogen and oxygen atoms in total. The quantitative estimate of drug-likeness (QED) is 0.874. The Kier molecular flexibility index (Phi) is 3.88. The van der Waals surface area contributed by atoms with Crippen molar-refractivity contribution in [1.29, 1.82) is 0 Å². The zero-order valence-corrected chi connectivity index (χ0v) is 12.3. The Morgan fingerprint density at radius 1 is 1.37 bits per heavy atom. The van der Waals surface area contributed by atoms with Gasteiger partial charge in [0, 0.05) is 12.4 Å². The first-order valence-electron chi connectivity index (χ1n) is 5.63. The van der Waals surface area contributed by atoms with E-state index in [-0.39, 0.29) is 17.1 Å². The minimum atomic E-state index is -3.59. The third kappa shape index (κ3) is 2.94. The number of thiazole rings is 1. The van der Waals surface area contributed by atoms with Gasteiger partial charge in [0.25, 0.3) is 0 Å². The molecule has 0 aliphatic heterocycles. The monoisotopic (exact) mass is 297 g/mol. The molecular formula is C12H15N3O2S2. The molecule has 1 heterocycles. The maximum atomic E-state index is 12.4. The van der Waals surface area contributed by atoms with Crippen molar-refractivity contribution in [3.05, 3.63) is 40.3 Å². The van der Waals surface area contributed by atoms with Crippen molar-refractivity contribution in [2.24, 2.45) is 0 Å². The van der Waals surface area contributed by atoms with Crippen LogP contribution in [0.2, 0.25) is 0 Å². The third-order valence-electron chi connectivity index (χ3n) is 2.66. The second-order valence-electron chi connectivity index (χ2n) is 4.16. The summed E-state index contributed by atoms with van der Waals surface area (Å²) in [6, 6.07) is 6.45. The van der Waals surface area contributed by atoms with Crippen molar-refractivity contribution in [2.45, 2.75) is 18.4 Å². The van der Waals surface area contributed by atoms with Crippen LogP contribution in [0.25, 0.3) is 0 Å². The Morgan fingerprint density at radius 3 is 2.63 bits per heavy atom. The largest absolute Gasteiger partial charge is 0.398 e. The number of nitrogen functional groups attached to an aromatic ring is 1. The Morgan fingerprint density at radius 2 is 2.05 bits per heavy atom. The van der Waals surface area contributed by atoms with E-state index in [1.807, 2.05) is 12.3 Å². The van der Waals surface area contributed by atoms with Gasteiger partial charge in [-0.1, -0.05) is 12.1 Å². The van der Waals surface area contributed by atoms with E-state index in [1.54, 1.807) is 18.2 Å². The van der Waals surface area contributed by atoms with E-state index >= 15 is 0 Å². The van der Waals surface area contributed by atoms with Crippen molar-refractivity contribution in [3.8, 4) is 0 Å². The lowest BCUT2D eigenvalue weighted by atomic mass is 10.3. The molecule has 1 aromatic heterocycles. The molecule has 19 heavy (non-hydrogen) atoms. The van der Waals surface area contributed by atoms with Crippen LogP contribution in [0.1, 0.15) is 10.7 Å². The van der Waals surface area contributed by atoms with E-state index in [9.17, 15) is 8.42 Å². The molecule has 0 aliphatic rings. The lowest BCUT2D eigenvalue weighted by Gasteiger charge is -2.17. The molecule has 0 saturated heterocycles. The van der Waals surface area contributed by atoms with E-state index in [1.165, 1.54) is 28.8 Å². The van der Waals surface area contributed by atoms with Gasteiger partial charge in [0.15, 0.2) is 0 Å². The molecule has 0 saturated carbocycles. The number of aromatic nitrogens is 1. The summed E-state index contributed by atoms with van der Waals surface area (Å²) in [7, 11) is -2.06. The molecule has 0 fully saturated rings. The molecule has 0 unspecified atom stereocenters. The average molecular weight is 297 g/mol. The minimum absolute atomic E-state index is 0.129. The predicted octanol–water partition coefficient (Wildman–Crippen LogP) is 1.85. The van der Waals surface area contributed by atoms with Crippen LogP contribution < -0.4 is 5.73 Å². The average Bonchev–Trinajstić information content (AvgIpc) is 2.75. The summed E-state index contributed by atoms with van der Waals surface area (Å²) < 4.78 is 26.0. The van der Waals surface area contributed by atoms with Gasteiger partial charge in [-0.3, -0.25) is 0 Å². The van der Waals surface area contributed by atoms with Gasteiger partial charge in [0.05, 0.1) is 22.9 Å². The summed E-state index contributed by atoms with van der Waals surface area (Å²) >= 11 is 1.50. The predicted molar refractivity (Wildman–Crippen MR) is 76.4 cm³/mol. The van der Waals surface area contributed by atoms with Crippen LogP contribution in [-0.4, -0.2) is 24.8 Å². The van der Waals surface area contributed by atoms with E-state index in [2.05, 4.69) is 4.98 Å². The third-order valence-corrected chi connectivity index (χ3v) is 5.36. The molecule has 0 spiro atoms. The SMILES string of the molecule is Cc1nc(CN(C)S(=O)(=O)c2ccccc2N)cs1. The Balaban J connectivity index is 2.27. The molecule has 1 aromatic carbocycles. The van der Waals surface area contributed by atoms with E-state index in [0.29, 0.717) is 0 Å². The number of hydrogen-bond acceptors (Lipinski definition) is 5. The number of sulfonamides is 1. The van der Waals surface area contributed by atoms with Crippen LogP contribution >= 0.6 is 11.3 Å². The van der Waals surface area contributed by atoms with Crippen LogP contribution in [0.5, 0.6) is 0 Å². The highest BCUT2D eigenvalue weighted by Crippen LogP contribution is 2.22. The van der Waals surface area contributed by atoms with Gasteiger partial charge in [0.1, 0.15) is 4.90 Å². The van der Waals surface area contributed by atoms with Gasteiger partial charge in [-0.15, -0.1) is 11.3 Å². The number of benzene rings is 1. The summed E-state index contributed by atoms with van der Waals surface area (Å²) in [6.07, 6.45) is 0. The first kappa shape index (κ1) is 14.0. The van der Waals surface area contributed by atoms with Crippen molar-refractivity contribution < 1.29 is 8.42 Å². The molecule has 0 bridgehead atoms. The van der Waals surface area contributed by atoms with E-state index in [4.69, 9.17) is 5.73 Å². The standard InChI is InChI=1S/C12H15N3O2S2/c1-9-14-10(8-18-9)7-15(2)19(16,17)12-6-4-3-5-11(12)13/h3-6,8H,7,13H2,1-2H3. The molecule has 0 radical (unpaired) electrons.